The number of rotatable bonds is 0. The Hall–Kier alpha value is -2.42. The van der Waals surface area contributed by atoms with Crippen molar-refractivity contribution in [3.8, 4) is 11.3 Å². The van der Waals surface area contributed by atoms with E-state index < -0.39 is 0 Å². The van der Waals surface area contributed by atoms with Gasteiger partial charge in [-0.25, -0.2) is 0 Å². The van der Waals surface area contributed by atoms with Crippen molar-refractivity contribution in [3.05, 3.63) is 53.1 Å². The number of ketones is 1. The summed E-state index contributed by atoms with van der Waals surface area (Å²) in [6.45, 7) is 2.01. The molecule has 0 aliphatic heterocycles. The predicted molar refractivity (Wildman–Crippen MR) is 69.7 cm³/mol. The second-order valence-electron chi connectivity index (χ2n) is 4.63. The van der Waals surface area contributed by atoms with Crippen molar-refractivity contribution in [2.24, 2.45) is 0 Å². The number of benzene rings is 2. The van der Waals surface area contributed by atoms with Gasteiger partial charge in [-0.05, 0) is 18.6 Å². The van der Waals surface area contributed by atoms with Gasteiger partial charge in [-0.15, -0.1) is 0 Å². The maximum atomic E-state index is 12.5. The Bertz CT molecular complexity index is 814. The zero-order valence-electron chi connectivity index (χ0n) is 9.82. The quantitative estimate of drug-likeness (QED) is 0.508. The van der Waals surface area contributed by atoms with Crippen molar-refractivity contribution in [1.82, 2.24) is 10.2 Å². The minimum absolute atomic E-state index is 0.0875. The Morgan fingerprint density at radius 3 is 2.61 bits per heavy atom. The first kappa shape index (κ1) is 9.59. The van der Waals surface area contributed by atoms with E-state index >= 15 is 0 Å². The van der Waals surface area contributed by atoms with Gasteiger partial charge in [-0.1, -0.05) is 30.3 Å². The van der Waals surface area contributed by atoms with Gasteiger partial charge < -0.3 is 0 Å². The Labute approximate surface area is 103 Å². The SMILES string of the molecule is Cc1ccc2c3c([nH]nc13)-c1ccccc1C2=O. The highest BCUT2D eigenvalue weighted by molar-refractivity contribution is 6.25. The smallest absolute Gasteiger partial charge is 0.194 e. The number of nitrogens with one attached hydrogen (secondary N) is 1. The number of hydrogen-bond acceptors (Lipinski definition) is 2. The zero-order chi connectivity index (χ0) is 12.3. The average Bonchev–Trinajstić information content (AvgIpc) is 2.84. The predicted octanol–water partition coefficient (Wildman–Crippen LogP) is 3.08. The van der Waals surface area contributed by atoms with Crippen LogP contribution < -0.4 is 0 Å². The fourth-order valence-corrected chi connectivity index (χ4v) is 2.69. The molecule has 3 heteroatoms. The Kier molecular flexibility index (Phi) is 1.64. The average molecular weight is 234 g/mol. The van der Waals surface area contributed by atoms with Crippen LogP contribution in [0.15, 0.2) is 36.4 Å². The molecule has 3 aromatic rings. The summed E-state index contributed by atoms with van der Waals surface area (Å²) in [5.74, 6) is 0.0875. The van der Waals surface area contributed by atoms with Crippen molar-refractivity contribution < 1.29 is 4.79 Å². The van der Waals surface area contributed by atoms with Gasteiger partial charge in [0.2, 0.25) is 0 Å². The highest BCUT2D eigenvalue weighted by Crippen LogP contribution is 2.38. The fraction of sp³-hybridized carbons (Fsp3) is 0.0667. The summed E-state index contributed by atoms with van der Waals surface area (Å²) in [4.78, 5) is 12.5. The molecular formula is C15H10N2O. The minimum Gasteiger partial charge on any atom is -0.289 e. The Morgan fingerprint density at radius 2 is 1.78 bits per heavy atom. The lowest BCUT2D eigenvalue weighted by atomic mass is 9.87. The van der Waals surface area contributed by atoms with Crippen molar-refractivity contribution in [1.29, 1.82) is 0 Å². The summed E-state index contributed by atoms with van der Waals surface area (Å²) < 4.78 is 0. The van der Waals surface area contributed by atoms with Crippen LogP contribution in [0.4, 0.5) is 0 Å². The molecule has 0 saturated heterocycles. The number of carbonyl (C=O) groups excluding carboxylic acids is 1. The van der Waals surface area contributed by atoms with Gasteiger partial charge in [0.15, 0.2) is 5.78 Å². The molecule has 1 aliphatic rings. The second-order valence-corrected chi connectivity index (χ2v) is 4.63. The van der Waals surface area contributed by atoms with Crippen LogP contribution in [0.1, 0.15) is 21.5 Å². The van der Waals surface area contributed by atoms with Crippen LogP contribution >= 0.6 is 0 Å². The molecule has 0 fully saturated rings. The Balaban J connectivity index is 2.26. The first-order chi connectivity index (χ1) is 8.77. The molecule has 4 rings (SSSR count). The summed E-state index contributed by atoms with van der Waals surface area (Å²) in [6.07, 6.45) is 0. The van der Waals surface area contributed by atoms with E-state index in [9.17, 15) is 4.79 Å². The van der Waals surface area contributed by atoms with Crippen molar-refractivity contribution >= 4 is 16.7 Å². The van der Waals surface area contributed by atoms with Gasteiger partial charge in [0.25, 0.3) is 0 Å². The van der Waals surface area contributed by atoms with Crippen molar-refractivity contribution in [2.45, 2.75) is 6.92 Å². The van der Waals surface area contributed by atoms with E-state index in [4.69, 9.17) is 0 Å². The number of H-pyrrole nitrogens is 1. The van der Waals surface area contributed by atoms with Gasteiger partial charge >= 0.3 is 0 Å². The third-order valence-corrected chi connectivity index (χ3v) is 3.59. The van der Waals surface area contributed by atoms with Crippen LogP contribution in [-0.2, 0) is 0 Å². The molecule has 0 spiro atoms. The highest BCUT2D eigenvalue weighted by atomic mass is 16.1. The zero-order valence-corrected chi connectivity index (χ0v) is 9.82. The van der Waals surface area contributed by atoms with E-state index in [2.05, 4.69) is 10.2 Å². The maximum absolute atomic E-state index is 12.5. The summed E-state index contributed by atoms with van der Waals surface area (Å²) in [7, 11) is 0. The maximum Gasteiger partial charge on any atom is 0.194 e. The molecule has 1 aromatic heterocycles. The first-order valence-corrected chi connectivity index (χ1v) is 5.89. The fourth-order valence-electron chi connectivity index (χ4n) is 2.69. The number of hydrogen-bond donors (Lipinski definition) is 1. The van der Waals surface area contributed by atoms with Gasteiger partial charge in [0, 0.05) is 22.1 Å². The van der Waals surface area contributed by atoms with Gasteiger partial charge in [-0.2, -0.15) is 5.10 Å². The van der Waals surface area contributed by atoms with E-state index in [0.29, 0.717) is 0 Å². The number of aromatic amines is 1. The molecule has 2 aromatic carbocycles. The number of nitrogens with zero attached hydrogens (tertiary/aromatic N) is 1. The van der Waals surface area contributed by atoms with Crippen LogP contribution in [-0.4, -0.2) is 16.0 Å². The van der Waals surface area contributed by atoms with Crippen LogP contribution in [0.3, 0.4) is 0 Å². The van der Waals surface area contributed by atoms with Crippen LogP contribution in [0.25, 0.3) is 22.2 Å². The lowest BCUT2D eigenvalue weighted by molar-refractivity contribution is 0.104. The molecule has 0 atom stereocenters. The molecule has 86 valence electrons. The monoisotopic (exact) mass is 234 g/mol. The summed E-state index contributed by atoms with van der Waals surface area (Å²) >= 11 is 0. The van der Waals surface area contributed by atoms with Crippen molar-refractivity contribution in [2.75, 3.05) is 0 Å². The minimum atomic E-state index is 0.0875. The number of aromatic nitrogens is 2. The molecule has 0 radical (unpaired) electrons. The largest absolute Gasteiger partial charge is 0.289 e. The number of fused-ring (bicyclic) bond motifs is 2. The van der Waals surface area contributed by atoms with E-state index in [-0.39, 0.29) is 5.78 Å². The third-order valence-electron chi connectivity index (χ3n) is 3.59. The van der Waals surface area contributed by atoms with Crippen molar-refractivity contribution in [3.63, 3.8) is 0 Å². The van der Waals surface area contributed by atoms with Crippen LogP contribution in [0, 0.1) is 6.92 Å². The van der Waals surface area contributed by atoms with E-state index in [1.165, 1.54) is 0 Å². The van der Waals surface area contributed by atoms with E-state index in [1.807, 2.05) is 43.3 Å². The third kappa shape index (κ3) is 0.991. The second kappa shape index (κ2) is 3.07. The summed E-state index contributed by atoms with van der Waals surface area (Å²) in [5.41, 5.74) is 5.38. The summed E-state index contributed by atoms with van der Waals surface area (Å²) in [5, 5.41) is 8.37. The molecule has 0 saturated carbocycles. The van der Waals surface area contributed by atoms with Gasteiger partial charge in [0.1, 0.15) is 0 Å². The summed E-state index contributed by atoms with van der Waals surface area (Å²) in [6, 6.07) is 11.5. The number of carbonyl (C=O) groups is 1. The number of aryl methyl sites for hydroxylation is 1. The molecule has 1 heterocycles. The topological polar surface area (TPSA) is 45.8 Å². The van der Waals surface area contributed by atoms with E-state index in [0.717, 1.165) is 38.9 Å². The molecule has 0 unspecified atom stereocenters. The molecule has 0 bridgehead atoms. The van der Waals surface area contributed by atoms with Gasteiger partial charge in [-0.3, -0.25) is 9.89 Å². The molecular weight excluding hydrogens is 224 g/mol. The molecule has 18 heavy (non-hydrogen) atoms. The molecule has 0 amide bonds. The van der Waals surface area contributed by atoms with Gasteiger partial charge in [0.05, 0.1) is 11.2 Å². The standard InChI is InChI=1S/C15H10N2O/c1-8-6-7-11-12-13(8)16-17-14(12)9-4-2-3-5-10(9)15(11)18/h2-7H,1H3,(H,16,17). The first-order valence-electron chi connectivity index (χ1n) is 5.89. The lowest BCUT2D eigenvalue weighted by Gasteiger charge is -2.15. The lowest BCUT2D eigenvalue weighted by Crippen LogP contribution is -2.08. The van der Waals surface area contributed by atoms with E-state index in [1.54, 1.807) is 0 Å². The molecule has 1 aliphatic carbocycles. The molecule has 1 N–H and O–H groups in total. The Morgan fingerprint density at radius 1 is 1.00 bits per heavy atom. The molecule has 3 nitrogen and oxygen atoms in total. The normalized spacial score (nSPS) is 12.8. The highest BCUT2D eigenvalue weighted by Gasteiger charge is 2.27. The van der Waals surface area contributed by atoms with Crippen LogP contribution in [0.2, 0.25) is 0 Å². The van der Waals surface area contributed by atoms with Crippen LogP contribution in [0.5, 0.6) is 0 Å².